The SMILES string of the molecule is Cc1ccc(-c2nc3ccccc3o2)cc1NC(=O)c1ccc([N+](=O)[O-])o1. The first kappa shape index (κ1) is 16.5. The number of aromatic nitrogens is 1. The average molecular weight is 363 g/mol. The van der Waals surface area contributed by atoms with E-state index in [2.05, 4.69) is 10.3 Å². The van der Waals surface area contributed by atoms with E-state index in [1.807, 2.05) is 43.3 Å². The number of nitro groups is 1. The minimum Gasteiger partial charge on any atom is -0.436 e. The van der Waals surface area contributed by atoms with Crippen molar-refractivity contribution in [2.75, 3.05) is 5.32 Å². The number of benzene rings is 2. The Morgan fingerprint density at radius 1 is 1.11 bits per heavy atom. The van der Waals surface area contributed by atoms with Gasteiger partial charge in [0.2, 0.25) is 5.89 Å². The molecular weight excluding hydrogens is 350 g/mol. The number of nitrogens with zero attached hydrogens (tertiary/aromatic N) is 2. The van der Waals surface area contributed by atoms with Crippen molar-refractivity contribution in [3.63, 3.8) is 0 Å². The van der Waals surface area contributed by atoms with E-state index in [1.54, 1.807) is 6.07 Å². The number of fused-ring (bicyclic) bond motifs is 1. The van der Waals surface area contributed by atoms with Crippen molar-refractivity contribution in [2.45, 2.75) is 6.92 Å². The lowest BCUT2D eigenvalue weighted by atomic mass is 10.1. The number of para-hydroxylation sites is 2. The van der Waals surface area contributed by atoms with Gasteiger partial charge in [-0.3, -0.25) is 14.9 Å². The van der Waals surface area contributed by atoms with Crippen LogP contribution in [0.2, 0.25) is 0 Å². The molecule has 0 fully saturated rings. The van der Waals surface area contributed by atoms with Crippen LogP contribution >= 0.6 is 0 Å². The molecular formula is C19H13N3O5. The van der Waals surface area contributed by atoms with E-state index < -0.39 is 16.7 Å². The number of anilines is 1. The topological polar surface area (TPSA) is 111 Å². The molecule has 1 amide bonds. The second-order valence-corrected chi connectivity index (χ2v) is 5.87. The van der Waals surface area contributed by atoms with Gasteiger partial charge in [0.15, 0.2) is 11.3 Å². The van der Waals surface area contributed by atoms with Crippen LogP contribution in [0.15, 0.2) is 63.4 Å². The number of oxazole rings is 1. The van der Waals surface area contributed by atoms with Crippen LogP contribution in [-0.2, 0) is 0 Å². The van der Waals surface area contributed by atoms with Gasteiger partial charge in [0.05, 0.1) is 6.07 Å². The number of nitrogens with one attached hydrogen (secondary N) is 1. The molecule has 0 aliphatic carbocycles. The van der Waals surface area contributed by atoms with Crippen LogP contribution in [0.3, 0.4) is 0 Å². The van der Waals surface area contributed by atoms with Crippen LogP contribution in [0.5, 0.6) is 0 Å². The second kappa shape index (κ2) is 6.41. The van der Waals surface area contributed by atoms with Gasteiger partial charge in [0.1, 0.15) is 10.4 Å². The summed E-state index contributed by atoms with van der Waals surface area (Å²) in [6.07, 6.45) is 0. The molecule has 2 aromatic carbocycles. The summed E-state index contributed by atoms with van der Waals surface area (Å²) in [6.45, 7) is 1.83. The third kappa shape index (κ3) is 3.15. The summed E-state index contributed by atoms with van der Waals surface area (Å²) < 4.78 is 10.7. The van der Waals surface area contributed by atoms with E-state index in [0.29, 0.717) is 22.7 Å². The van der Waals surface area contributed by atoms with E-state index in [4.69, 9.17) is 8.83 Å². The van der Waals surface area contributed by atoms with E-state index in [0.717, 1.165) is 17.1 Å². The smallest absolute Gasteiger partial charge is 0.433 e. The lowest BCUT2D eigenvalue weighted by molar-refractivity contribution is -0.402. The lowest BCUT2D eigenvalue weighted by Crippen LogP contribution is -2.12. The molecule has 8 heteroatoms. The number of amides is 1. The van der Waals surface area contributed by atoms with Gasteiger partial charge >= 0.3 is 5.88 Å². The summed E-state index contributed by atoms with van der Waals surface area (Å²) in [5.74, 6) is -0.785. The average Bonchev–Trinajstić information content (AvgIpc) is 3.30. The number of rotatable bonds is 4. The number of hydrogen-bond acceptors (Lipinski definition) is 6. The zero-order valence-corrected chi connectivity index (χ0v) is 14.1. The van der Waals surface area contributed by atoms with Gasteiger partial charge in [-0.1, -0.05) is 18.2 Å². The van der Waals surface area contributed by atoms with Crippen molar-refractivity contribution in [3.05, 3.63) is 76.0 Å². The molecule has 27 heavy (non-hydrogen) atoms. The molecule has 0 spiro atoms. The Balaban J connectivity index is 1.63. The molecule has 0 bridgehead atoms. The van der Waals surface area contributed by atoms with E-state index >= 15 is 0 Å². The summed E-state index contributed by atoms with van der Waals surface area (Å²) in [6, 6.07) is 15.2. The van der Waals surface area contributed by atoms with Gasteiger partial charge in [-0.25, -0.2) is 4.98 Å². The van der Waals surface area contributed by atoms with Gasteiger partial charge in [-0.05, 0) is 42.8 Å². The summed E-state index contributed by atoms with van der Waals surface area (Å²) >= 11 is 0. The molecule has 0 atom stereocenters. The van der Waals surface area contributed by atoms with Crippen LogP contribution in [0, 0.1) is 17.0 Å². The molecule has 4 rings (SSSR count). The van der Waals surface area contributed by atoms with Crippen molar-refractivity contribution < 1.29 is 18.6 Å². The monoisotopic (exact) mass is 363 g/mol. The van der Waals surface area contributed by atoms with E-state index in [-0.39, 0.29) is 5.76 Å². The number of carbonyl (C=O) groups is 1. The first-order chi connectivity index (χ1) is 13.0. The number of carbonyl (C=O) groups excluding carboxylic acids is 1. The quantitative estimate of drug-likeness (QED) is 0.420. The van der Waals surface area contributed by atoms with Gasteiger partial charge in [0.25, 0.3) is 5.91 Å². The molecule has 0 aliphatic rings. The fourth-order valence-corrected chi connectivity index (χ4v) is 2.62. The Labute approximate surface area is 152 Å². The summed E-state index contributed by atoms with van der Waals surface area (Å²) in [7, 11) is 0. The first-order valence-corrected chi connectivity index (χ1v) is 8.03. The highest BCUT2D eigenvalue weighted by Gasteiger charge is 2.18. The molecule has 0 saturated carbocycles. The maximum Gasteiger partial charge on any atom is 0.433 e. The maximum absolute atomic E-state index is 12.3. The van der Waals surface area contributed by atoms with Crippen LogP contribution in [0.25, 0.3) is 22.6 Å². The minimum atomic E-state index is -0.699. The van der Waals surface area contributed by atoms with Gasteiger partial charge in [-0.15, -0.1) is 0 Å². The maximum atomic E-state index is 12.3. The first-order valence-electron chi connectivity index (χ1n) is 8.03. The highest BCUT2D eigenvalue weighted by atomic mass is 16.6. The van der Waals surface area contributed by atoms with Crippen molar-refractivity contribution in [1.29, 1.82) is 0 Å². The molecule has 4 aromatic rings. The van der Waals surface area contributed by atoms with Gasteiger partial charge < -0.3 is 14.2 Å². The standard InChI is InChI=1S/C19H13N3O5/c1-11-6-7-12(19-21-13-4-2-3-5-15(13)27-19)10-14(11)20-18(23)16-8-9-17(26-16)22(24)25/h2-10H,1H3,(H,20,23). The highest BCUT2D eigenvalue weighted by molar-refractivity contribution is 6.03. The normalized spacial score (nSPS) is 10.9. The molecule has 1 N–H and O–H groups in total. The molecule has 134 valence electrons. The third-order valence-electron chi connectivity index (χ3n) is 4.02. The van der Waals surface area contributed by atoms with Crippen molar-refractivity contribution in [2.24, 2.45) is 0 Å². The fraction of sp³-hybridized carbons (Fsp3) is 0.0526. The van der Waals surface area contributed by atoms with Gasteiger partial charge in [-0.2, -0.15) is 0 Å². The molecule has 8 nitrogen and oxygen atoms in total. The van der Waals surface area contributed by atoms with Crippen LogP contribution in [0.1, 0.15) is 16.1 Å². The molecule has 2 aromatic heterocycles. The Bertz CT molecular complexity index is 1140. The molecule has 0 aliphatic heterocycles. The highest BCUT2D eigenvalue weighted by Crippen LogP contribution is 2.28. The Morgan fingerprint density at radius 3 is 2.67 bits per heavy atom. The molecule has 0 unspecified atom stereocenters. The Hall–Kier alpha value is -3.94. The Kier molecular flexibility index (Phi) is 3.92. The van der Waals surface area contributed by atoms with E-state index in [9.17, 15) is 14.9 Å². The van der Waals surface area contributed by atoms with Crippen LogP contribution < -0.4 is 5.32 Å². The van der Waals surface area contributed by atoms with Gasteiger partial charge in [0, 0.05) is 11.3 Å². The minimum absolute atomic E-state index is 0.145. The summed E-state index contributed by atoms with van der Waals surface area (Å²) in [4.78, 5) is 26.8. The predicted molar refractivity (Wildman–Crippen MR) is 97.5 cm³/mol. The second-order valence-electron chi connectivity index (χ2n) is 5.87. The lowest BCUT2D eigenvalue weighted by Gasteiger charge is -2.08. The van der Waals surface area contributed by atoms with Crippen molar-refractivity contribution in [1.82, 2.24) is 4.98 Å². The number of hydrogen-bond donors (Lipinski definition) is 1. The van der Waals surface area contributed by atoms with Crippen LogP contribution in [0.4, 0.5) is 11.6 Å². The molecule has 2 heterocycles. The third-order valence-corrected chi connectivity index (χ3v) is 4.02. The molecule has 0 saturated heterocycles. The van der Waals surface area contributed by atoms with E-state index in [1.165, 1.54) is 6.07 Å². The van der Waals surface area contributed by atoms with Crippen molar-refractivity contribution in [3.8, 4) is 11.5 Å². The number of aryl methyl sites for hydroxylation is 1. The number of furan rings is 1. The Morgan fingerprint density at radius 2 is 1.93 bits per heavy atom. The largest absolute Gasteiger partial charge is 0.436 e. The summed E-state index contributed by atoms with van der Waals surface area (Å²) in [5.41, 5.74) is 3.43. The fourth-order valence-electron chi connectivity index (χ4n) is 2.62. The zero-order valence-electron chi connectivity index (χ0n) is 14.1. The molecule has 0 radical (unpaired) electrons. The predicted octanol–water partition coefficient (Wildman–Crippen LogP) is 4.56. The summed E-state index contributed by atoms with van der Waals surface area (Å²) in [5, 5.41) is 13.4. The zero-order chi connectivity index (χ0) is 19.0. The van der Waals surface area contributed by atoms with Crippen molar-refractivity contribution >= 4 is 28.6 Å². The van der Waals surface area contributed by atoms with Crippen LogP contribution in [-0.4, -0.2) is 15.8 Å².